The maximum absolute atomic E-state index is 13.4. The summed E-state index contributed by atoms with van der Waals surface area (Å²) in [7, 11) is 9.57. The van der Waals surface area contributed by atoms with Gasteiger partial charge in [0.05, 0.1) is 51.7 Å². The molecular formula is C48H40N8O3S2. The molecule has 6 aromatic heterocycles. The van der Waals surface area contributed by atoms with Crippen LogP contribution in [0, 0.1) is 6.92 Å². The van der Waals surface area contributed by atoms with E-state index < -0.39 is 0 Å². The molecular weight excluding hydrogens is 801 g/mol. The van der Waals surface area contributed by atoms with Gasteiger partial charge in [-0.1, -0.05) is 66.7 Å². The summed E-state index contributed by atoms with van der Waals surface area (Å²) in [4.78, 5) is 50.8. The summed E-state index contributed by atoms with van der Waals surface area (Å²) >= 11 is 2.78. The molecule has 0 amide bonds. The van der Waals surface area contributed by atoms with E-state index in [0.29, 0.717) is 20.4 Å². The number of aromatic nitrogens is 6. The highest BCUT2D eigenvalue weighted by atomic mass is 32.1. The molecule has 10 rings (SSSR count). The van der Waals surface area contributed by atoms with Crippen molar-refractivity contribution in [2.75, 3.05) is 45.1 Å². The second kappa shape index (κ2) is 16.1. The quantitative estimate of drug-likeness (QED) is 0.155. The van der Waals surface area contributed by atoms with Gasteiger partial charge in [-0.3, -0.25) is 18.7 Å². The Balaban J connectivity index is 0.000000156. The molecule has 0 aliphatic rings. The Hall–Kier alpha value is -7.22. The molecule has 0 fully saturated rings. The predicted octanol–water partition coefficient (Wildman–Crippen LogP) is 9.77. The molecule has 13 heteroatoms. The number of ether oxygens (including phenoxy) is 1. The van der Waals surface area contributed by atoms with Crippen LogP contribution >= 0.6 is 22.7 Å². The fourth-order valence-corrected chi connectivity index (χ4v) is 9.71. The first-order chi connectivity index (χ1) is 29.6. The topological polar surface area (TPSA) is 111 Å². The smallest absolute Gasteiger partial charge is 0.275 e. The van der Waals surface area contributed by atoms with Crippen LogP contribution in [0.2, 0.25) is 0 Å². The minimum atomic E-state index is -0.102. The summed E-state index contributed by atoms with van der Waals surface area (Å²) in [5.74, 6) is 0.785. The lowest BCUT2D eigenvalue weighted by Gasteiger charge is -2.13. The monoisotopic (exact) mass is 840 g/mol. The number of benzene rings is 4. The van der Waals surface area contributed by atoms with Gasteiger partial charge in [0.15, 0.2) is 0 Å². The molecule has 0 radical (unpaired) electrons. The molecule has 0 aliphatic heterocycles. The number of anilines is 2. The molecule has 0 saturated heterocycles. The van der Waals surface area contributed by atoms with Gasteiger partial charge in [-0.2, -0.15) is 0 Å². The Morgan fingerprint density at radius 2 is 1.03 bits per heavy atom. The number of para-hydroxylation sites is 1. The summed E-state index contributed by atoms with van der Waals surface area (Å²) in [6.45, 7) is 2.09. The molecule has 302 valence electrons. The SMILES string of the molecule is COc1ccccc1-c1cccc(-n2cnc3c(sc4nccc(N(C)C)c43)c2=O)c1.Cc1ccccc1-c1cccc(-n2cnc3c(sc4nccc(N(C)C)c43)c2=O)c1. The first-order valence-electron chi connectivity index (χ1n) is 19.5. The lowest BCUT2D eigenvalue weighted by atomic mass is 10.0. The van der Waals surface area contributed by atoms with Crippen LogP contribution in [-0.2, 0) is 0 Å². The molecule has 0 bridgehead atoms. The van der Waals surface area contributed by atoms with E-state index >= 15 is 0 Å². The fraction of sp³-hybridized carbons (Fsp3) is 0.125. The third-order valence-corrected chi connectivity index (χ3v) is 12.8. The fourth-order valence-electron chi connectivity index (χ4n) is 7.61. The first kappa shape index (κ1) is 39.3. The van der Waals surface area contributed by atoms with Crippen molar-refractivity contribution in [1.82, 2.24) is 29.1 Å². The van der Waals surface area contributed by atoms with Crippen molar-refractivity contribution in [2.24, 2.45) is 0 Å². The summed E-state index contributed by atoms with van der Waals surface area (Å²) in [5, 5.41) is 1.85. The zero-order valence-electron chi connectivity index (χ0n) is 34.3. The summed E-state index contributed by atoms with van der Waals surface area (Å²) < 4.78 is 9.93. The Labute approximate surface area is 359 Å². The number of aryl methyl sites for hydroxylation is 1. The van der Waals surface area contributed by atoms with Gasteiger partial charge in [0.2, 0.25) is 0 Å². The van der Waals surface area contributed by atoms with Crippen LogP contribution in [0.15, 0.2) is 144 Å². The summed E-state index contributed by atoms with van der Waals surface area (Å²) in [5.41, 5.74) is 10.2. The highest BCUT2D eigenvalue weighted by Crippen LogP contribution is 2.37. The molecule has 0 aliphatic carbocycles. The van der Waals surface area contributed by atoms with Gasteiger partial charge in [-0.25, -0.2) is 19.9 Å². The average molecular weight is 841 g/mol. The van der Waals surface area contributed by atoms with Gasteiger partial charge in [0.1, 0.15) is 37.5 Å². The molecule has 10 aromatic rings. The van der Waals surface area contributed by atoms with E-state index in [1.54, 1.807) is 41.3 Å². The van der Waals surface area contributed by atoms with Crippen LogP contribution in [0.1, 0.15) is 5.56 Å². The molecule has 4 aromatic carbocycles. The third kappa shape index (κ3) is 7.07. The van der Waals surface area contributed by atoms with Crippen molar-refractivity contribution in [2.45, 2.75) is 6.92 Å². The normalized spacial score (nSPS) is 11.2. The van der Waals surface area contributed by atoms with E-state index in [9.17, 15) is 9.59 Å². The predicted molar refractivity (Wildman–Crippen MR) is 252 cm³/mol. The van der Waals surface area contributed by atoms with Gasteiger partial charge in [0, 0.05) is 46.1 Å². The van der Waals surface area contributed by atoms with Gasteiger partial charge < -0.3 is 14.5 Å². The Morgan fingerprint density at radius 3 is 1.52 bits per heavy atom. The molecule has 0 N–H and O–H groups in total. The molecule has 0 saturated carbocycles. The molecule has 6 heterocycles. The number of thiophene rings is 2. The Kier molecular flexibility index (Phi) is 10.4. The molecule has 61 heavy (non-hydrogen) atoms. The second-order valence-corrected chi connectivity index (χ2v) is 16.8. The van der Waals surface area contributed by atoms with Crippen molar-refractivity contribution < 1.29 is 4.74 Å². The van der Waals surface area contributed by atoms with E-state index in [1.807, 2.05) is 129 Å². The first-order valence-corrected chi connectivity index (χ1v) is 21.1. The largest absolute Gasteiger partial charge is 0.496 e. The minimum Gasteiger partial charge on any atom is -0.496 e. The van der Waals surface area contributed by atoms with E-state index in [0.717, 1.165) is 71.2 Å². The standard InChI is InChI=1S/C24H20N4O2S.C24H20N4OS/c1-27(2)18-11-12-25-23-20(18)21-22(31-23)24(29)28(14-26-21)16-8-6-7-15(13-16)17-9-4-5-10-19(17)30-3;1-15-7-4-5-10-18(15)16-8-6-9-17(13-16)28-14-26-21-20-19(27(2)3)11-12-25-23(20)30-22(21)24(28)29/h4-14H,1-3H3;4-14H,1-3H3. The molecule has 0 atom stereocenters. The van der Waals surface area contributed by atoms with Gasteiger partial charge in [0.25, 0.3) is 11.1 Å². The van der Waals surface area contributed by atoms with Crippen molar-refractivity contribution in [3.8, 4) is 39.4 Å². The van der Waals surface area contributed by atoms with Crippen molar-refractivity contribution in [3.63, 3.8) is 0 Å². The van der Waals surface area contributed by atoms with Crippen LogP contribution in [0.4, 0.5) is 11.4 Å². The van der Waals surface area contributed by atoms with Crippen molar-refractivity contribution >= 4 is 74.9 Å². The van der Waals surface area contributed by atoms with Crippen LogP contribution < -0.4 is 25.7 Å². The van der Waals surface area contributed by atoms with Crippen molar-refractivity contribution in [1.29, 1.82) is 0 Å². The lowest BCUT2D eigenvalue weighted by molar-refractivity contribution is 0.416. The van der Waals surface area contributed by atoms with Crippen LogP contribution in [0.25, 0.3) is 74.5 Å². The lowest BCUT2D eigenvalue weighted by Crippen LogP contribution is -2.17. The zero-order chi connectivity index (χ0) is 42.4. The number of methoxy groups -OCH3 is 1. The van der Waals surface area contributed by atoms with E-state index in [4.69, 9.17) is 4.74 Å². The minimum absolute atomic E-state index is 0.0744. The van der Waals surface area contributed by atoms with Crippen LogP contribution in [-0.4, -0.2) is 64.4 Å². The highest BCUT2D eigenvalue weighted by molar-refractivity contribution is 7.25. The molecule has 11 nitrogen and oxygen atoms in total. The van der Waals surface area contributed by atoms with Gasteiger partial charge in [-0.05, 0) is 71.6 Å². The Morgan fingerprint density at radius 1 is 0.557 bits per heavy atom. The van der Waals surface area contributed by atoms with Crippen molar-refractivity contribution in [3.05, 3.63) is 161 Å². The number of hydrogen-bond donors (Lipinski definition) is 0. The van der Waals surface area contributed by atoms with E-state index in [-0.39, 0.29) is 11.1 Å². The number of rotatable bonds is 7. The Bertz CT molecular complexity index is 3400. The van der Waals surface area contributed by atoms with E-state index in [2.05, 4.69) is 45.1 Å². The van der Waals surface area contributed by atoms with Gasteiger partial charge in [-0.15, -0.1) is 22.7 Å². The third-order valence-electron chi connectivity index (χ3n) is 10.6. The van der Waals surface area contributed by atoms with Crippen LogP contribution in [0.5, 0.6) is 5.75 Å². The summed E-state index contributed by atoms with van der Waals surface area (Å²) in [6, 6.07) is 35.8. The summed E-state index contributed by atoms with van der Waals surface area (Å²) in [6.07, 6.45) is 6.77. The maximum Gasteiger partial charge on any atom is 0.275 e. The molecule has 0 unspecified atom stereocenters. The second-order valence-electron chi connectivity index (χ2n) is 14.8. The maximum atomic E-state index is 13.4. The number of fused-ring (bicyclic) bond motifs is 6. The average Bonchev–Trinajstić information content (AvgIpc) is 3.87. The zero-order valence-corrected chi connectivity index (χ0v) is 36.0. The molecule has 0 spiro atoms. The highest BCUT2D eigenvalue weighted by Gasteiger charge is 2.19. The number of hydrogen-bond acceptors (Lipinski definition) is 11. The van der Waals surface area contributed by atoms with E-state index in [1.165, 1.54) is 28.2 Å². The van der Waals surface area contributed by atoms with Gasteiger partial charge >= 0.3 is 0 Å². The number of nitrogens with zero attached hydrogens (tertiary/aromatic N) is 8. The number of pyridine rings is 2. The van der Waals surface area contributed by atoms with Crippen LogP contribution in [0.3, 0.4) is 0 Å².